The van der Waals surface area contributed by atoms with Gasteiger partial charge in [-0.2, -0.15) is 9.61 Å². The van der Waals surface area contributed by atoms with E-state index in [-0.39, 0.29) is 0 Å². The molecule has 108 valence electrons. The molecule has 2 heterocycles. The van der Waals surface area contributed by atoms with Crippen LogP contribution in [0.4, 0.5) is 5.69 Å². The van der Waals surface area contributed by atoms with Crippen molar-refractivity contribution in [3.63, 3.8) is 0 Å². The SMILES string of the molecule is CCc1cc(NCCC2(O)CCCC2)c2nncn2n1. The number of aromatic nitrogens is 4. The van der Waals surface area contributed by atoms with Crippen molar-refractivity contribution in [1.29, 1.82) is 0 Å². The summed E-state index contributed by atoms with van der Waals surface area (Å²) in [6.07, 6.45) is 7.38. The maximum absolute atomic E-state index is 10.4. The van der Waals surface area contributed by atoms with Crippen LogP contribution in [-0.2, 0) is 6.42 Å². The minimum absolute atomic E-state index is 0.475. The molecule has 0 unspecified atom stereocenters. The number of hydrogen-bond acceptors (Lipinski definition) is 5. The molecule has 0 saturated heterocycles. The lowest BCUT2D eigenvalue weighted by Gasteiger charge is -2.22. The summed E-state index contributed by atoms with van der Waals surface area (Å²) < 4.78 is 1.70. The Balaban J connectivity index is 1.71. The number of nitrogens with zero attached hydrogens (tertiary/aromatic N) is 4. The Kier molecular flexibility index (Phi) is 3.56. The van der Waals surface area contributed by atoms with Gasteiger partial charge in [-0.15, -0.1) is 10.2 Å². The molecule has 1 fully saturated rings. The van der Waals surface area contributed by atoms with Crippen LogP contribution in [0.3, 0.4) is 0 Å². The molecule has 1 aliphatic rings. The van der Waals surface area contributed by atoms with Gasteiger partial charge in [-0.05, 0) is 31.7 Å². The third-order valence-corrected chi connectivity index (χ3v) is 4.12. The van der Waals surface area contributed by atoms with Crippen LogP contribution in [0.2, 0.25) is 0 Å². The molecule has 0 aliphatic heterocycles. The maximum Gasteiger partial charge on any atom is 0.200 e. The quantitative estimate of drug-likeness (QED) is 0.870. The number of hydrogen-bond donors (Lipinski definition) is 2. The standard InChI is InChI=1S/C14H21N5O/c1-2-11-9-12(13-17-16-10-19(13)18-11)15-8-7-14(20)5-3-4-6-14/h9-10,15,20H,2-8H2,1H3. The summed E-state index contributed by atoms with van der Waals surface area (Å²) in [4.78, 5) is 0. The highest BCUT2D eigenvalue weighted by Crippen LogP contribution is 2.32. The van der Waals surface area contributed by atoms with Crippen LogP contribution in [-0.4, -0.2) is 37.1 Å². The van der Waals surface area contributed by atoms with Crippen molar-refractivity contribution >= 4 is 11.3 Å². The van der Waals surface area contributed by atoms with Crippen molar-refractivity contribution in [2.45, 2.75) is 51.0 Å². The van der Waals surface area contributed by atoms with Gasteiger partial charge in [0, 0.05) is 6.54 Å². The fourth-order valence-electron chi connectivity index (χ4n) is 2.89. The molecule has 2 aromatic rings. The first-order valence-corrected chi connectivity index (χ1v) is 7.36. The second kappa shape index (κ2) is 5.36. The molecule has 6 nitrogen and oxygen atoms in total. The molecule has 1 saturated carbocycles. The van der Waals surface area contributed by atoms with E-state index < -0.39 is 5.60 Å². The first-order valence-electron chi connectivity index (χ1n) is 7.36. The van der Waals surface area contributed by atoms with E-state index in [0.29, 0.717) is 0 Å². The second-order valence-electron chi connectivity index (χ2n) is 5.61. The predicted molar refractivity (Wildman–Crippen MR) is 76.7 cm³/mol. The zero-order valence-corrected chi connectivity index (χ0v) is 11.8. The minimum atomic E-state index is -0.475. The van der Waals surface area contributed by atoms with E-state index in [9.17, 15) is 5.11 Å². The molecule has 0 amide bonds. The molecule has 20 heavy (non-hydrogen) atoms. The van der Waals surface area contributed by atoms with E-state index in [0.717, 1.165) is 62.1 Å². The van der Waals surface area contributed by atoms with Gasteiger partial charge in [0.05, 0.1) is 17.0 Å². The van der Waals surface area contributed by atoms with Gasteiger partial charge in [0.1, 0.15) is 6.33 Å². The molecule has 3 rings (SSSR count). The Bertz CT molecular complexity index is 588. The van der Waals surface area contributed by atoms with Gasteiger partial charge >= 0.3 is 0 Å². The highest BCUT2D eigenvalue weighted by molar-refractivity contribution is 5.66. The van der Waals surface area contributed by atoms with Gasteiger partial charge in [-0.1, -0.05) is 19.8 Å². The monoisotopic (exact) mass is 275 g/mol. The third kappa shape index (κ3) is 2.60. The fraction of sp³-hybridized carbons (Fsp3) is 0.643. The molecule has 0 spiro atoms. The Labute approximate surface area is 118 Å². The van der Waals surface area contributed by atoms with Crippen LogP contribution in [0.15, 0.2) is 12.4 Å². The summed E-state index contributed by atoms with van der Waals surface area (Å²) in [6.45, 7) is 2.82. The summed E-state index contributed by atoms with van der Waals surface area (Å²) in [5.41, 5.74) is 2.20. The zero-order valence-electron chi connectivity index (χ0n) is 11.8. The highest BCUT2D eigenvalue weighted by atomic mass is 16.3. The van der Waals surface area contributed by atoms with Crippen molar-refractivity contribution in [2.24, 2.45) is 0 Å². The molecular weight excluding hydrogens is 254 g/mol. The molecular formula is C14H21N5O. The van der Waals surface area contributed by atoms with Crippen molar-refractivity contribution < 1.29 is 5.11 Å². The van der Waals surface area contributed by atoms with E-state index in [2.05, 4.69) is 27.5 Å². The van der Waals surface area contributed by atoms with Gasteiger partial charge < -0.3 is 10.4 Å². The average Bonchev–Trinajstić information content (AvgIpc) is 3.07. The molecule has 2 aromatic heterocycles. The van der Waals surface area contributed by atoms with Crippen LogP contribution in [0.1, 0.15) is 44.7 Å². The number of aryl methyl sites for hydroxylation is 1. The zero-order chi connectivity index (χ0) is 14.0. The van der Waals surface area contributed by atoms with E-state index >= 15 is 0 Å². The summed E-state index contributed by atoms with van der Waals surface area (Å²) in [6, 6.07) is 2.02. The molecule has 6 heteroatoms. The van der Waals surface area contributed by atoms with Crippen molar-refractivity contribution in [1.82, 2.24) is 19.8 Å². The second-order valence-corrected chi connectivity index (χ2v) is 5.61. The van der Waals surface area contributed by atoms with Crippen LogP contribution < -0.4 is 5.32 Å². The molecule has 0 bridgehead atoms. The lowest BCUT2D eigenvalue weighted by atomic mass is 9.98. The van der Waals surface area contributed by atoms with Gasteiger partial charge in [0.2, 0.25) is 5.65 Å². The Morgan fingerprint density at radius 2 is 2.20 bits per heavy atom. The average molecular weight is 275 g/mol. The number of nitrogens with one attached hydrogen (secondary N) is 1. The smallest absolute Gasteiger partial charge is 0.200 e. The van der Waals surface area contributed by atoms with E-state index in [4.69, 9.17) is 0 Å². The molecule has 2 N–H and O–H groups in total. The number of fused-ring (bicyclic) bond motifs is 1. The number of rotatable bonds is 5. The summed E-state index contributed by atoms with van der Waals surface area (Å²) in [7, 11) is 0. The van der Waals surface area contributed by atoms with E-state index in [1.165, 1.54) is 0 Å². The highest BCUT2D eigenvalue weighted by Gasteiger charge is 2.30. The van der Waals surface area contributed by atoms with Gasteiger partial charge in [-0.3, -0.25) is 0 Å². The lowest BCUT2D eigenvalue weighted by Crippen LogP contribution is -2.27. The molecule has 0 radical (unpaired) electrons. The number of aliphatic hydroxyl groups is 1. The molecule has 1 aliphatic carbocycles. The summed E-state index contributed by atoms with van der Waals surface area (Å²) in [5, 5.41) is 26.1. The van der Waals surface area contributed by atoms with Crippen LogP contribution >= 0.6 is 0 Å². The Morgan fingerprint density at radius 1 is 1.40 bits per heavy atom. The first kappa shape index (κ1) is 13.3. The lowest BCUT2D eigenvalue weighted by molar-refractivity contribution is 0.0424. The van der Waals surface area contributed by atoms with Crippen LogP contribution in [0.5, 0.6) is 0 Å². The molecule has 0 aromatic carbocycles. The van der Waals surface area contributed by atoms with Crippen LogP contribution in [0, 0.1) is 0 Å². The maximum atomic E-state index is 10.4. The van der Waals surface area contributed by atoms with Gasteiger partial charge in [-0.25, -0.2) is 0 Å². The van der Waals surface area contributed by atoms with E-state index in [1.54, 1.807) is 10.8 Å². The third-order valence-electron chi connectivity index (χ3n) is 4.12. The van der Waals surface area contributed by atoms with E-state index in [1.807, 2.05) is 6.07 Å². The normalized spacial score (nSPS) is 17.7. The van der Waals surface area contributed by atoms with Gasteiger partial charge in [0.25, 0.3) is 0 Å². The summed E-state index contributed by atoms with van der Waals surface area (Å²) >= 11 is 0. The number of anilines is 1. The van der Waals surface area contributed by atoms with Crippen molar-refractivity contribution in [3.8, 4) is 0 Å². The Hall–Kier alpha value is -1.69. The topological polar surface area (TPSA) is 75.3 Å². The van der Waals surface area contributed by atoms with Crippen molar-refractivity contribution in [3.05, 3.63) is 18.1 Å². The van der Waals surface area contributed by atoms with Crippen LogP contribution in [0.25, 0.3) is 5.65 Å². The Morgan fingerprint density at radius 3 is 2.95 bits per heavy atom. The van der Waals surface area contributed by atoms with Crippen molar-refractivity contribution in [2.75, 3.05) is 11.9 Å². The first-order chi connectivity index (χ1) is 9.70. The minimum Gasteiger partial charge on any atom is -0.390 e. The van der Waals surface area contributed by atoms with Gasteiger partial charge in [0.15, 0.2) is 0 Å². The summed E-state index contributed by atoms with van der Waals surface area (Å²) in [5.74, 6) is 0. The largest absolute Gasteiger partial charge is 0.390 e. The predicted octanol–water partition coefficient (Wildman–Crippen LogP) is 1.79. The molecule has 0 atom stereocenters. The fourth-order valence-corrected chi connectivity index (χ4v) is 2.89.